The molecule has 0 saturated carbocycles. The third-order valence-electron chi connectivity index (χ3n) is 2.70. The smallest absolute Gasteiger partial charge is 0.267 e. The molecule has 0 unspecified atom stereocenters. The van der Waals surface area contributed by atoms with E-state index in [1.54, 1.807) is 6.20 Å². The fourth-order valence-electron chi connectivity index (χ4n) is 1.82. The standard InChI is InChI=1S/C13H9ClN2OS/c14-12-6-5-10(18-12)8-16-13(17)11-4-2-1-3-9(11)7-15-16/h1-7H,8H2. The first-order chi connectivity index (χ1) is 8.74. The largest absolute Gasteiger partial charge is 0.274 e. The van der Waals surface area contributed by atoms with Crippen LogP contribution in [0.2, 0.25) is 4.34 Å². The fraction of sp³-hybridized carbons (Fsp3) is 0.0769. The molecule has 3 nitrogen and oxygen atoms in total. The first-order valence-electron chi connectivity index (χ1n) is 5.43. The Morgan fingerprint density at radius 1 is 1.22 bits per heavy atom. The lowest BCUT2D eigenvalue weighted by Gasteiger charge is -2.03. The van der Waals surface area contributed by atoms with Gasteiger partial charge in [-0.05, 0) is 18.2 Å². The minimum absolute atomic E-state index is 0.0716. The van der Waals surface area contributed by atoms with Crippen molar-refractivity contribution in [2.45, 2.75) is 6.54 Å². The molecule has 0 aliphatic heterocycles. The monoisotopic (exact) mass is 276 g/mol. The number of thiophene rings is 1. The van der Waals surface area contributed by atoms with E-state index in [1.807, 2.05) is 36.4 Å². The molecule has 1 aromatic carbocycles. The van der Waals surface area contributed by atoms with Crippen LogP contribution in [0.25, 0.3) is 10.8 Å². The van der Waals surface area contributed by atoms with Crippen LogP contribution >= 0.6 is 22.9 Å². The van der Waals surface area contributed by atoms with Crippen LogP contribution < -0.4 is 5.56 Å². The average Bonchev–Trinajstić information content (AvgIpc) is 2.79. The van der Waals surface area contributed by atoms with Crippen molar-refractivity contribution >= 4 is 33.7 Å². The van der Waals surface area contributed by atoms with Crippen LogP contribution in [-0.4, -0.2) is 9.78 Å². The van der Waals surface area contributed by atoms with Crippen molar-refractivity contribution in [3.63, 3.8) is 0 Å². The maximum atomic E-state index is 12.2. The summed E-state index contributed by atoms with van der Waals surface area (Å²) in [6.45, 7) is 0.459. The summed E-state index contributed by atoms with van der Waals surface area (Å²) in [6.07, 6.45) is 1.71. The summed E-state index contributed by atoms with van der Waals surface area (Å²) in [4.78, 5) is 13.2. The van der Waals surface area contributed by atoms with Crippen LogP contribution in [0.3, 0.4) is 0 Å². The molecule has 0 saturated heterocycles. The zero-order valence-electron chi connectivity index (χ0n) is 9.34. The highest BCUT2D eigenvalue weighted by molar-refractivity contribution is 7.16. The van der Waals surface area contributed by atoms with E-state index in [0.717, 1.165) is 14.6 Å². The van der Waals surface area contributed by atoms with Gasteiger partial charge in [-0.2, -0.15) is 5.10 Å². The first-order valence-corrected chi connectivity index (χ1v) is 6.62. The van der Waals surface area contributed by atoms with Crippen molar-refractivity contribution in [1.29, 1.82) is 0 Å². The number of hydrogen-bond acceptors (Lipinski definition) is 3. The molecule has 0 spiro atoms. The molecule has 5 heteroatoms. The lowest BCUT2D eigenvalue weighted by molar-refractivity contribution is 0.654. The molecular formula is C13H9ClN2OS. The van der Waals surface area contributed by atoms with Crippen LogP contribution in [0.1, 0.15) is 4.88 Å². The molecule has 0 atom stereocenters. The number of benzene rings is 1. The van der Waals surface area contributed by atoms with Crippen molar-refractivity contribution in [1.82, 2.24) is 9.78 Å². The van der Waals surface area contributed by atoms with E-state index in [2.05, 4.69) is 5.10 Å². The zero-order chi connectivity index (χ0) is 12.5. The summed E-state index contributed by atoms with van der Waals surface area (Å²) in [5, 5.41) is 5.73. The Balaban J connectivity index is 2.08. The number of hydrogen-bond donors (Lipinski definition) is 0. The van der Waals surface area contributed by atoms with Gasteiger partial charge in [0.2, 0.25) is 0 Å². The molecule has 0 N–H and O–H groups in total. The van der Waals surface area contributed by atoms with E-state index in [-0.39, 0.29) is 5.56 Å². The number of aromatic nitrogens is 2. The lowest BCUT2D eigenvalue weighted by atomic mass is 10.2. The molecular weight excluding hydrogens is 268 g/mol. The molecule has 0 amide bonds. The average molecular weight is 277 g/mol. The second kappa shape index (κ2) is 4.55. The van der Waals surface area contributed by atoms with E-state index in [4.69, 9.17) is 11.6 Å². The SMILES string of the molecule is O=c1c2ccccc2cnn1Cc1ccc(Cl)s1. The number of nitrogens with zero attached hydrogens (tertiary/aromatic N) is 2. The molecule has 0 aliphatic carbocycles. The number of rotatable bonds is 2. The summed E-state index contributed by atoms with van der Waals surface area (Å²) in [6, 6.07) is 11.2. The predicted octanol–water partition coefficient (Wildman–Crippen LogP) is 3.16. The van der Waals surface area contributed by atoms with Crippen LogP contribution in [-0.2, 0) is 6.54 Å². The van der Waals surface area contributed by atoms with Gasteiger partial charge >= 0.3 is 0 Å². The summed E-state index contributed by atoms with van der Waals surface area (Å²) in [5.41, 5.74) is -0.0716. The highest BCUT2D eigenvalue weighted by Crippen LogP contribution is 2.21. The van der Waals surface area contributed by atoms with Crippen LogP contribution in [0, 0.1) is 0 Å². The van der Waals surface area contributed by atoms with E-state index in [9.17, 15) is 4.79 Å². The van der Waals surface area contributed by atoms with Gasteiger partial charge in [-0.3, -0.25) is 4.79 Å². The van der Waals surface area contributed by atoms with E-state index in [0.29, 0.717) is 11.9 Å². The summed E-state index contributed by atoms with van der Waals surface area (Å²) >= 11 is 7.33. The first kappa shape index (κ1) is 11.4. The van der Waals surface area contributed by atoms with Gasteiger partial charge in [0.15, 0.2) is 0 Å². The second-order valence-corrected chi connectivity index (χ2v) is 5.70. The Morgan fingerprint density at radius 3 is 2.83 bits per heavy atom. The molecule has 90 valence electrons. The van der Waals surface area contributed by atoms with Crippen molar-refractivity contribution in [3.8, 4) is 0 Å². The lowest BCUT2D eigenvalue weighted by Crippen LogP contribution is -2.22. The molecule has 3 rings (SSSR count). The summed E-state index contributed by atoms with van der Waals surface area (Å²) in [5.74, 6) is 0. The summed E-state index contributed by atoms with van der Waals surface area (Å²) < 4.78 is 2.18. The molecule has 18 heavy (non-hydrogen) atoms. The van der Waals surface area contributed by atoms with Crippen LogP contribution in [0.15, 0.2) is 47.4 Å². The maximum absolute atomic E-state index is 12.2. The van der Waals surface area contributed by atoms with Crippen molar-refractivity contribution in [2.24, 2.45) is 0 Å². The molecule has 2 heterocycles. The molecule has 0 aliphatic rings. The molecule has 2 aromatic heterocycles. The van der Waals surface area contributed by atoms with Crippen molar-refractivity contribution in [3.05, 3.63) is 62.2 Å². The van der Waals surface area contributed by atoms with Crippen molar-refractivity contribution < 1.29 is 0 Å². The Bertz CT molecular complexity index is 763. The summed E-state index contributed by atoms with van der Waals surface area (Å²) in [7, 11) is 0. The van der Waals surface area contributed by atoms with Crippen LogP contribution in [0.5, 0.6) is 0 Å². The van der Waals surface area contributed by atoms with E-state index < -0.39 is 0 Å². The normalized spacial score (nSPS) is 10.9. The Kier molecular flexibility index (Phi) is 2.89. The number of halogens is 1. The van der Waals surface area contributed by atoms with Gasteiger partial charge in [-0.15, -0.1) is 11.3 Å². The Hall–Kier alpha value is -1.65. The number of fused-ring (bicyclic) bond motifs is 1. The van der Waals surface area contributed by atoms with Gasteiger partial charge in [0.05, 0.1) is 22.5 Å². The van der Waals surface area contributed by atoms with Gasteiger partial charge in [0.25, 0.3) is 5.56 Å². The second-order valence-electron chi connectivity index (χ2n) is 3.90. The fourth-order valence-corrected chi connectivity index (χ4v) is 2.89. The van der Waals surface area contributed by atoms with Gasteiger partial charge in [0, 0.05) is 10.3 Å². The minimum Gasteiger partial charge on any atom is -0.267 e. The molecule has 0 radical (unpaired) electrons. The quantitative estimate of drug-likeness (QED) is 0.721. The van der Waals surface area contributed by atoms with Gasteiger partial charge < -0.3 is 0 Å². The van der Waals surface area contributed by atoms with Crippen LogP contribution in [0.4, 0.5) is 0 Å². The zero-order valence-corrected chi connectivity index (χ0v) is 10.9. The van der Waals surface area contributed by atoms with E-state index >= 15 is 0 Å². The Morgan fingerprint density at radius 2 is 2.06 bits per heavy atom. The minimum atomic E-state index is -0.0716. The van der Waals surface area contributed by atoms with Gasteiger partial charge in [-0.1, -0.05) is 29.8 Å². The van der Waals surface area contributed by atoms with Gasteiger partial charge in [-0.25, -0.2) is 4.68 Å². The topological polar surface area (TPSA) is 34.9 Å². The third kappa shape index (κ3) is 2.05. The molecule has 0 bridgehead atoms. The van der Waals surface area contributed by atoms with Crippen molar-refractivity contribution in [2.75, 3.05) is 0 Å². The molecule has 3 aromatic rings. The highest BCUT2D eigenvalue weighted by Gasteiger charge is 2.05. The molecule has 0 fully saturated rings. The van der Waals surface area contributed by atoms with Gasteiger partial charge in [0.1, 0.15) is 0 Å². The third-order valence-corrected chi connectivity index (χ3v) is 3.91. The van der Waals surface area contributed by atoms with E-state index in [1.165, 1.54) is 16.0 Å². The predicted molar refractivity (Wildman–Crippen MR) is 74.4 cm³/mol. The highest BCUT2D eigenvalue weighted by atomic mass is 35.5. The Labute approximate surface area is 112 Å². The maximum Gasteiger partial charge on any atom is 0.274 e.